The number of hydrogen-bond acceptors (Lipinski definition) is 3. The minimum atomic E-state index is 0.186. The molecule has 0 amide bonds. The van der Waals surface area contributed by atoms with E-state index >= 15 is 0 Å². The zero-order valence-corrected chi connectivity index (χ0v) is 6.76. The first-order chi connectivity index (χ1) is 5.18. The summed E-state index contributed by atoms with van der Waals surface area (Å²) in [5.74, 6) is 0.981. The Morgan fingerprint density at radius 3 is 2.91 bits per heavy atom. The molecule has 3 nitrogen and oxygen atoms in total. The molecule has 0 aliphatic rings. The molecule has 1 aromatic rings. The molecule has 0 N–H and O–H groups in total. The number of rotatable bonds is 3. The molecule has 3 heteroatoms. The maximum atomic E-state index is 10.6. The molecule has 0 saturated carbocycles. The molecule has 1 heterocycles. The summed E-state index contributed by atoms with van der Waals surface area (Å²) in [5, 5.41) is 3.76. The van der Waals surface area contributed by atoms with Crippen molar-refractivity contribution in [1.29, 1.82) is 0 Å². The van der Waals surface area contributed by atoms with Crippen LogP contribution in [-0.4, -0.2) is 10.9 Å². The summed E-state index contributed by atoms with van der Waals surface area (Å²) in [4.78, 5) is 10.6. The lowest BCUT2D eigenvalue weighted by Gasteiger charge is -1.88. The van der Waals surface area contributed by atoms with Crippen molar-refractivity contribution >= 4 is 5.78 Å². The van der Waals surface area contributed by atoms with Crippen molar-refractivity contribution in [2.75, 3.05) is 0 Å². The predicted molar refractivity (Wildman–Crippen MR) is 40.2 cm³/mol. The second-order valence-electron chi connectivity index (χ2n) is 2.63. The van der Waals surface area contributed by atoms with Crippen LogP contribution in [0.2, 0.25) is 0 Å². The fourth-order valence-electron chi connectivity index (χ4n) is 0.840. The largest absolute Gasteiger partial charge is 0.361 e. The van der Waals surface area contributed by atoms with Gasteiger partial charge in [-0.3, -0.25) is 0 Å². The Hall–Kier alpha value is -1.12. The summed E-state index contributed by atoms with van der Waals surface area (Å²) in [5.41, 5.74) is 0.859. The summed E-state index contributed by atoms with van der Waals surface area (Å²) in [6, 6.07) is 1.85. The fourth-order valence-corrected chi connectivity index (χ4v) is 0.840. The lowest BCUT2D eigenvalue weighted by atomic mass is 10.2. The Bertz CT molecular complexity index is 252. The van der Waals surface area contributed by atoms with E-state index in [0.717, 1.165) is 11.5 Å². The highest BCUT2D eigenvalue weighted by Gasteiger charge is 2.00. The molecule has 0 fully saturated rings. The Morgan fingerprint density at radius 2 is 2.45 bits per heavy atom. The zero-order chi connectivity index (χ0) is 8.27. The summed E-state index contributed by atoms with van der Waals surface area (Å²) in [6.45, 7) is 3.41. The summed E-state index contributed by atoms with van der Waals surface area (Å²) in [7, 11) is 0. The van der Waals surface area contributed by atoms with Crippen molar-refractivity contribution in [3.63, 3.8) is 0 Å². The van der Waals surface area contributed by atoms with Gasteiger partial charge in [0.05, 0.1) is 5.69 Å². The SMILES string of the molecule is CC(=O)CCc1cc(C)on1. The van der Waals surface area contributed by atoms with E-state index < -0.39 is 0 Å². The molecular weight excluding hydrogens is 142 g/mol. The van der Waals surface area contributed by atoms with Crippen LogP contribution in [0.5, 0.6) is 0 Å². The molecule has 1 rings (SSSR count). The van der Waals surface area contributed by atoms with Gasteiger partial charge in [0.25, 0.3) is 0 Å². The molecule has 0 atom stereocenters. The Kier molecular flexibility index (Phi) is 2.41. The van der Waals surface area contributed by atoms with Crippen molar-refractivity contribution in [3.8, 4) is 0 Å². The third kappa shape index (κ3) is 2.53. The molecule has 0 aromatic carbocycles. The molecule has 0 spiro atoms. The van der Waals surface area contributed by atoms with Crippen molar-refractivity contribution in [3.05, 3.63) is 17.5 Å². The van der Waals surface area contributed by atoms with Gasteiger partial charge in [-0.15, -0.1) is 0 Å². The molecule has 11 heavy (non-hydrogen) atoms. The number of carbonyl (C=O) groups excluding carboxylic acids is 1. The second kappa shape index (κ2) is 3.32. The third-order valence-electron chi connectivity index (χ3n) is 1.41. The summed E-state index contributed by atoms with van der Waals surface area (Å²) >= 11 is 0. The van der Waals surface area contributed by atoms with Crippen LogP contribution in [0.1, 0.15) is 24.8 Å². The number of aryl methyl sites for hydroxylation is 2. The van der Waals surface area contributed by atoms with E-state index in [9.17, 15) is 4.79 Å². The zero-order valence-electron chi connectivity index (χ0n) is 6.76. The smallest absolute Gasteiger partial charge is 0.133 e. The molecule has 0 bridgehead atoms. The lowest BCUT2D eigenvalue weighted by Crippen LogP contribution is -1.93. The van der Waals surface area contributed by atoms with Crippen molar-refractivity contribution in [2.24, 2.45) is 0 Å². The highest BCUT2D eigenvalue weighted by molar-refractivity contribution is 5.75. The van der Waals surface area contributed by atoms with Gasteiger partial charge in [-0.25, -0.2) is 0 Å². The van der Waals surface area contributed by atoms with E-state index in [4.69, 9.17) is 4.52 Å². The Balaban J connectivity index is 2.45. The Labute approximate surface area is 65.4 Å². The van der Waals surface area contributed by atoms with Crippen LogP contribution in [0.4, 0.5) is 0 Å². The van der Waals surface area contributed by atoms with E-state index in [1.807, 2.05) is 13.0 Å². The summed E-state index contributed by atoms with van der Waals surface area (Å²) in [6.07, 6.45) is 1.23. The quantitative estimate of drug-likeness (QED) is 0.661. The van der Waals surface area contributed by atoms with E-state index in [2.05, 4.69) is 5.16 Å². The number of carbonyl (C=O) groups is 1. The average Bonchev–Trinajstić information content (AvgIpc) is 2.31. The van der Waals surface area contributed by atoms with Crippen molar-refractivity contribution in [2.45, 2.75) is 26.7 Å². The maximum Gasteiger partial charge on any atom is 0.133 e. The average molecular weight is 153 g/mol. The van der Waals surface area contributed by atoms with Gasteiger partial charge in [0.15, 0.2) is 0 Å². The van der Waals surface area contributed by atoms with Gasteiger partial charge < -0.3 is 9.32 Å². The van der Waals surface area contributed by atoms with E-state index in [0.29, 0.717) is 12.8 Å². The van der Waals surface area contributed by atoms with Gasteiger partial charge >= 0.3 is 0 Å². The van der Waals surface area contributed by atoms with Crippen LogP contribution in [-0.2, 0) is 11.2 Å². The van der Waals surface area contributed by atoms with Crippen LogP contribution in [0.25, 0.3) is 0 Å². The lowest BCUT2D eigenvalue weighted by molar-refractivity contribution is -0.116. The first-order valence-electron chi connectivity index (χ1n) is 3.60. The number of nitrogens with zero attached hydrogens (tertiary/aromatic N) is 1. The minimum Gasteiger partial charge on any atom is -0.361 e. The topological polar surface area (TPSA) is 43.1 Å². The molecule has 60 valence electrons. The highest BCUT2D eigenvalue weighted by Crippen LogP contribution is 2.04. The standard InChI is InChI=1S/C8H11NO2/c1-6(10)3-4-8-5-7(2)11-9-8/h5H,3-4H2,1-2H3. The number of aromatic nitrogens is 1. The van der Waals surface area contributed by atoms with E-state index in [-0.39, 0.29) is 5.78 Å². The molecule has 0 aliphatic carbocycles. The maximum absolute atomic E-state index is 10.6. The van der Waals surface area contributed by atoms with E-state index in [1.165, 1.54) is 0 Å². The molecule has 1 aromatic heterocycles. The van der Waals surface area contributed by atoms with Crippen LogP contribution >= 0.6 is 0 Å². The van der Waals surface area contributed by atoms with Gasteiger partial charge in [-0.05, 0) is 20.3 Å². The Morgan fingerprint density at radius 1 is 1.73 bits per heavy atom. The van der Waals surface area contributed by atoms with Crippen LogP contribution in [0.15, 0.2) is 10.6 Å². The monoisotopic (exact) mass is 153 g/mol. The van der Waals surface area contributed by atoms with Gasteiger partial charge in [0, 0.05) is 12.5 Å². The van der Waals surface area contributed by atoms with Gasteiger partial charge in [0.2, 0.25) is 0 Å². The van der Waals surface area contributed by atoms with Crippen LogP contribution in [0.3, 0.4) is 0 Å². The van der Waals surface area contributed by atoms with Crippen molar-refractivity contribution in [1.82, 2.24) is 5.16 Å². The summed E-state index contributed by atoms with van der Waals surface area (Å²) < 4.78 is 4.84. The molecule has 0 unspecified atom stereocenters. The van der Waals surface area contributed by atoms with Crippen LogP contribution < -0.4 is 0 Å². The molecular formula is C8H11NO2. The first kappa shape index (κ1) is 7.98. The third-order valence-corrected chi connectivity index (χ3v) is 1.41. The van der Waals surface area contributed by atoms with Crippen molar-refractivity contribution < 1.29 is 9.32 Å². The highest BCUT2D eigenvalue weighted by atomic mass is 16.5. The van der Waals surface area contributed by atoms with Crippen LogP contribution in [0, 0.1) is 6.92 Å². The predicted octanol–water partition coefficient (Wildman–Crippen LogP) is 1.50. The number of ketones is 1. The number of hydrogen-bond donors (Lipinski definition) is 0. The van der Waals surface area contributed by atoms with Gasteiger partial charge in [0.1, 0.15) is 11.5 Å². The fraction of sp³-hybridized carbons (Fsp3) is 0.500. The van der Waals surface area contributed by atoms with Gasteiger partial charge in [-0.1, -0.05) is 5.16 Å². The van der Waals surface area contributed by atoms with Gasteiger partial charge in [-0.2, -0.15) is 0 Å². The number of Topliss-reactive ketones (excluding diaryl/α,β-unsaturated/α-hetero) is 1. The second-order valence-corrected chi connectivity index (χ2v) is 2.63. The first-order valence-corrected chi connectivity index (χ1v) is 3.60. The molecule has 0 aliphatic heterocycles. The molecule has 0 radical (unpaired) electrons. The van der Waals surface area contributed by atoms with E-state index in [1.54, 1.807) is 6.92 Å². The minimum absolute atomic E-state index is 0.186. The normalized spacial score (nSPS) is 10.0. The molecule has 0 saturated heterocycles.